The van der Waals surface area contributed by atoms with Gasteiger partial charge >= 0.3 is 0 Å². The Hall–Kier alpha value is -0.930. The molecule has 4 heteroatoms. The third kappa shape index (κ3) is 1.62. The maximum Gasteiger partial charge on any atom is 0.145 e. The average molecular weight is 177 g/mol. The number of rotatable bonds is 0. The molecule has 0 fully saturated rings. The van der Waals surface area contributed by atoms with Gasteiger partial charge in [0.1, 0.15) is 17.8 Å². The summed E-state index contributed by atoms with van der Waals surface area (Å²) in [5, 5.41) is 0. The van der Waals surface area contributed by atoms with Gasteiger partial charge in [-0.05, 0) is 6.08 Å². The fourth-order valence-corrected chi connectivity index (χ4v) is 1.02. The van der Waals surface area contributed by atoms with E-state index in [4.69, 9.17) is 5.73 Å². The van der Waals surface area contributed by atoms with Gasteiger partial charge in [0.25, 0.3) is 0 Å². The summed E-state index contributed by atoms with van der Waals surface area (Å²) in [5.41, 5.74) is 4.47. The van der Waals surface area contributed by atoms with Crippen LogP contribution < -0.4 is 5.73 Å². The van der Waals surface area contributed by atoms with E-state index < -0.39 is 35.9 Å². The molecule has 2 unspecified atom stereocenters. The zero-order valence-electron chi connectivity index (χ0n) is 6.65. The maximum absolute atomic E-state index is 12.9. The quantitative estimate of drug-likeness (QED) is 0.603. The summed E-state index contributed by atoms with van der Waals surface area (Å²) in [6, 6.07) is 0. The fraction of sp³-hybridized carbons (Fsp3) is 0.500. The minimum absolute atomic E-state index is 0.434. The first kappa shape index (κ1) is 9.16. The van der Waals surface area contributed by atoms with Gasteiger partial charge in [0.15, 0.2) is 0 Å². The van der Waals surface area contributed by atoms with E-state index in [9.17, 15) is 13.2 Å². The molecule has 2 atom stereocenters. The topological polar surface area (TPSA) is 26.0 Å². The largest absolute Gasteiger partial charge is 0.394 e. The highest BCUT2D eigenvalue weighted by atomic mass is 19.1. The molecule has 0 amide bonds. The van der Waals surface area contributed by atoms with Crippen LogP contribution in [0.15, 0.2) is 23.4 Å². The van der Waals surface area contributed by atoms with E-state index in [2.05, 4.69) is 0 Å². The summed E-state index contributed by atoms with van der Waals surface area (Å²) in [6.45, 7) is 1.48. The van der Waals surface area contributed by atoms with Crippen LogP contribution in [0.5, 0.6) is 0 Å². The summed E-state index contributed by atoms with van der Waals surface area (Å²) in [7, 11) is 0. The summed E-state index contributed by atoms with van der Waals surface area (Å²) < 4.78 is 38.4. The van der Waals surface area contributed by atoms with Crippen LogP contribution in [0.2, 0.25) is 0 Å². The van der Waals surface area contributed by atoms with E-state index in [0.29, 0.717) is 0 Å². The second-order valence-electron chi connectivity index (χ2n) is 2.91. The molecule has 1 nitrogen and oxygen atoms in total. The van der Waals surface area contributed by atoms with Crippen LogP contribution in [0.4, 0.5) is 13.2 Å². The van der Waals surface area contributed by atoms with Gasteiger partial charge in [0.05, 0.1) is 5.70 Å². The number of hydrogen-bond acceptors (Lipinski definition) is 1. The standard InChI is InChI=1S/C8H10F3N/c1-4-2-6(10)8(12)7(11)3-5(4)9/h2,4-5H,3,12H2,1H3. The first-order valence-electron chi connectivity index (χ1n) is 3.68. The predicted molar refractivity (Wildman–Crippen MR) is 40.2 cm³/mol. The van der Waals surface area contributed by atoms with Gasteiger partial charge in [-0.2, -0.15) is 0 Å². The smallest absolute Gasteiger partial charge is 0.145 e. The zero-order valence-corrected chi connectivity index (χ0v) is 6.65. The van der Waals surface area contributed by atoms with Gasteiger partial charge in [-0.25, -0.2) is 13.2 Å². The van der Waals surface area contributed by atoms with Crippen molar-refractivity contribution in [2.75, 3.05) is 0 Å². The van der Waals surface area contributed by atoms with Gasteiger partial charge in [0, 0.05) is 12.3 Å². The van der Waals surface area contributed by atoms with E-state index in [0.717, 1.165) is 6.08 Å². The Kier molecular flexibility index (Phi) is 2.45. The fourth-order valence-electron chi connectivity index (χ4n) is 1.02. The average Bonchev–Trinajstić information content (AvgIpc) is 2.07. The van der Waals surface area contributed by atoms with E-state index in [1.807, 2.05) is 0 Å². The van der Waals surface area contributed by atoms with Crippen LogP contribution in [0.25, 0.3) is 0 Å². The molecule has 0 saturated carbocycles. The molecule has 1 aliphatic carbocycles. The zero-order chi connectivity index (χ0) is 9.30. The number of allylic oxidation sites excluding steroid dienone is 3. The normalized spacial score (nSPS) is 31.5. The molecular formula is C8H10F3N. The molecule has 0 spiro atoms. The Balaban J connectivity index is 2.98. The van der Waals surface area contributed by atoms with Crippen LogP contribution in [0, 0.1) is 5.92 Å². The molecule has 1 aliphatic rings. The molecule has 0 saturated heterocycles. The minimum atomic E-state index is -1.39. The molecule has 2 N–H and O–H groups in total. The van der Waals surface area contributed by atoms with Crippen LogP contribution in [-0.4, -0.2) is 6.17 Å². The number of hydrogen-bond donors (Lipinski definition) is 1. The van der Waals surface area contributed by atoms with Crippen molar-refractivity contribution in [1.82, 2.24) is 0 Å². The summed E-state index contributed by atoms with van der Waals surface area (Å²) >= 11 is 0. The van der Waals surface area contributed by atoms with Crippen LogP contribution in [-0.2, 0) is 0 Å². The molecular weight excluding hydrogens is 167 g/mol. The minimum Gasteiger partial charge on any atom is -0.394 e. The lowest BCUT2D eigenvalue weighted by atomic mass is 10.0. The van der Waals surface area contributed by atoms with Gasteiger partial charge in [-0.15, -0.1) is 0 Å². The number of nitrogens with two attached hydrogens (primary N) is 1. The highest BCUT2D eigenvalue weighted by Crippen LogP contribution is 2.28. The van der Waals surface area contributed by atoms with E-state index in [1.54, 1.807) is 0 Å². The Bertz CT molecular complexity index is 245. The first-order chi connectivity index (χ1) is 5.52. The molecule has 12 heavy (non-hydrogen) atoms. The second kappa shape index (κ2) is 3.21. The van der Waals surface area contributed by atoms with Crippen LogP contribution in [0.1, 0.15) is 13.3 Å². The molecule has 0 aromatic heterocycles. The molecule has 0 aromatic rings. The lowest BCUT2D eigenvalue weighted by Crippen LogP contribution is -2.09. The summed E-state index contributed by atoms with van der Waals surface area (Å²) in [5.74, 6) is -2.39. The monoisotopic (exact) mass is 177 g/mol. The molecule has 0 heterocycles. The van der Waals surface area contributed by atoms with Crippen molar-refractivity contribution in [2.45, 2.75) is 19.5 Å². The SMILES string of the molecule is CC1C=C(F)C(N)=C(F)CC1F. The highest BCUT2D eigenvalue weighted by molar-refractivity contribution is 5.28. The Morgan fingerprint density at radius 2 is 2.08 bits per heavy atom. The molecule has 68 valence electrons. The first-order valence-corrected chi connectivity index (χ1v) is 3.68. The third-order valence-electron chi connectivity index (χ3n) is 1.90. The number of halogens is 3. The number of alkyl halides is 1. The molecule has 0 radical (unpaired) electrons. The van der Waals surface area contributed by atoms with E-state index in [-0.39, 0.29) is 0 Å². The van der Waals surface area contributed by atoms with Crippen molar-refractivity contribution in [3.8, 4) is 0 Å². The third-order valence-corrected chi connectivity index (χ3v) is 1.90. The lowest BCUT2D eigenvalue weighted by Gasteiger charge is -2.08. The lowest BCUT2D eigenvalue weighted by molar-refractivity contribution is 0.261. The summed E-state index contributed by atoms with van der Waals surface area (Å²) in [6.07, 6.45) is -0.819. The molecule has 0 bridgehead atoms. The van der Waals surface area contributed by atoms with Crippen LogP contribution in [0.3, 0.4) is 0 Å². The summed E-state index contributed by atoms with van der Waals surface area (Å²) in [4.78, 5) is 0. The van der Waals surface area contributed by atoms with Gasteiger partial charge in [-0.3, -0.25) is 0 Å². The van der Waals surface area contributed by atoms with Gasteiger partial charge in [-0.1, -0.05) is 6.92 Å². The Labute approximate surface area is 68.7 Å². The van der Waals surface area contributed by atoms with Gasteiger partial charge < -0.3 is 5.73 Å². The van der Waals surface area contributed by atoms with Crippen molar-refractivity contribution in [1.29, 1.82) is 0 Å². The van der Waals surface area contributed by atoms with Crippen molar-refractivity contribution in [3.63, 3.8) is 0 Å². The van der Waals surface area contributed by atoms with E-state index in [1.165, 1.54) is 6.92 Å². The van der Waals surface area contributed by atoms with Crippen molar-refractivity contribution in [2.24, 2.45) is 11.7 Å². The second-order valence-corrected chi connectivity index (χ2v) is 2.91. The van der Waals surface area contributed by atoms with Gasteiger partial charge in [0.2, 0.25) is 0 Å². The molecule has 1 rings (SSSR count). The molecule has 0 aliphatic heterocycles. The Morgan fingerprint density at radius 3 is 2.67 bits per heavy atom. The molecule has 0 aromatic carbocycles. The Morgan fingerprint density at radius 1 is 1.50 bits per heavy atom. The van der Waals surface area contributed by atoms with E-state index >= 15 is 0 Å². The maximum atomic E-state index is 12.9. The highest BCUT2D eigenvalue weighted by Gasteiger charge is 2.23. The van der Waals surface area contributed by atoms with Crippen molar-refractivity contribution < 1.29 is 13.2 Å². The van der Waals surface area contributed by atoms with Crippen molar-refractivity contribution >= 4 is 0 Å². The van der Waals surface area contributed by atoms with Crippen LogP contribution >= 0.6 is 0 Å². The predicted octanol–water partition coefficient (Wildman–Crippen LogP) is 2.36. The van der Waals surface area contributed by atoms with Crippen molar-refractivity contribution in [3.05, 3.63) is 23.4 Å².